The van der Waals surface area contributed by atoms with Crippen LogP contribution in [0.5, 0.6) is 0 Å². The van der Waals surface area contributed by atoms with E-state index in [0.29, 0.717) is 10.9 Å². The Labute approximate surface area is 142 Å². The van der Waals surface area contributed by atoms with Crippen LogP contribution in [0.3, 0.4) is 0 Å². The third-order valence-corrected chi connectivity index (χ3v) is 4.76. The van der Waals surface area contributed by atoms with Gasteiger partial charge in [0.05, 0.1) is 17.2 Å². The van der Waals surface area contributed by atoms with E-state index in [9.17, 15) is 9.59 Å². The molecule has 1 aliphatic rings. The Bertz CT molecular complexity index is 774. The molecule has 2 aromatic rings. The van der Waals surface area contributed by atoms with Crippen LogP contribution >= 0.6 is 0 Å². The van der Waals surface area contributed by atoms with Gasteiger partial charge in [0.15, 0.2) is 0 Å². The molecule has 0 spiro atoms. The van der Waals surface area contributed by atoms with Crippen molar-refractivity contribution in [3.8, 4) is 0 Å². The maximum Gasteiger partial charge on any atom is 0.261 e. The van der Waals surface area contributed by atoms with Gasteiger partial charge in [-0.15, -0.1) is 0 Å². The normalized spacial score (nSPS) is 16.5. The second-order valence-electron chi connectivity index (χ2n) is 6.81. The van der Waals surface area contributed by atoms with E-state index < -0.39 is 0 Å². The summed E-state index contributed by atoms with van der Waals surface area (Å²) >= 11 is 0. The molecule has 128 valence electrons. The minimum atomic E-state index is -0.156. The first-order valence-corrected chi connectivity index (χ1v) is 8.88. The van der Waals surface area contributed by atoms with Gasteiger partial charge in [-0.2, -0.15) is 0 Å². The predicted molar refractivity (Wildman–Crippen MR) is 95.0 cm³/mol. The molecule has 1 aromatic heterocycles. The number of carbonyl (C=O) groups is 1. The lowest BCUT2D eigenvalue weighted by Crippen LogP contribution is -2.39. The molecule has 24 heavy (non-hydrogen) atoms. The SMILES string of the molecule is Cc1ccc2ncn(CC(=O)NC3CCCCCCC3)c(=O)c2c1. The molecule has 5 nitrogen and oxygen atoms in total. The quantitative estimate of drug-likeness (QED) is 0.943. The molecule has 0 saturated heterocycles. The molecule has 1 aliphatic carbocycles. The first kappa shape index (κ1) is 16.7. The fraction of sp³-hybridized carbons (Fsp3) is 0.526. The average molecular weight is 327 g/mol. The molecule has 1 N–H and O–H groups in total. The zero-order valence-corrected chi connectivity index (χ0v) is 14.3. The molecule has 1 saturated carbocycles. The van der Waals surface area contributed by atoms with Crippen LogP contribution in [0.15, 0.2) is 29.3 Å². The smallest absolute Gasteiger partial charge is 0.261 e. The molecule has 1 heterocycles. The van der Waals surface area contributed by atoms with Crippen molar-refractivity contribution in [3.63, 3.8) is 0 Å². The number of hydrogen-bond donors (Lipinski definition) is 1. The summed E-state index contributed by atoms with van der Waals surface area (Å²) in [5, 5.41) is 3.66. The van der Waals surface area contributed by atoms with Gasteiger partial charge in [0.1, 0.15) is 6.54 Å². The van der Waals surface area contributed by atoms with Crippen molar-refractivity contribution in [2.45, 2.75) is 64.5 Å². The number of fused-ring (bicyclic) bond motifs is 1. The van der Waals surface area contributed by atoms with E-state index in [1.54, 1.807) is 0 Å². The zero-order chi connectivity index (χ0) is 16.9. The zero-order valence-electron chi connectivity index (χ0n) is 14.3. The summed E-state index contributed by atoms with van der Waals surface area (Å²) in [6, 6.07) is 5.84. The van der Waals surface area contributed by atoms with Crippen LogP contribution < -0.4 is 10.9 Å². The number of amides is 1. The molecule has 0 unspecified atom stereocenters. The fourth-order valence-electron chi connectivity index (χ4n) is 3.41. The highest BCUT2D eigenvalue weighted by Crippen LogP contribution is 2.17. The van der Waals surface area contributed by atoms with Gasteiger partial charge >= 0.3 is 0 Å². The number of hydrogen-bond acceptors (Lipinski definition) is 3. The van der Waals surface area contributed by atoms with E-state index in [0.717, 1.165) is 18.4 Å². The predicted octanol–water partition coefficient (Wildman–Crippen LogP) is 2.93. The van der Waals surface area contributed by atoms with E-state index in [-0.39, 0.29) is 24.1 Å². The lowest BCUT2D eigenvalue weighted by molar-refractivity contribution is -0.122. The van der Waals surface area contributed by atoms with Crippen molar-refractivity contribution >= 4 is 16.8 Å². The van der Waals surface area contributed by atoms with Crippen molar-refractivity contribution in [1.82, 2.24) is 14.9 Å². The van der Waals surface area contributed by atoms with Crippen LogP contribution in [0, 0.1) is 6.92 Å². The lowest BCUT2D eigenvalue weighted by atomic mass is 9.97. The van der Waals surface area contributed by atoms with E-state index in [1.807, 2.05) is 25.1 Å². The number of aromatic nitrogens is 2. The van der Waals surface area contributed by atoms with E-state index >= 15 is 0 Å². The van der Waals surface area contributed by atoms with Gasteiger partial charge in [-0.3, -0.25) is 14.2 Å². The van der Waals surface area contributed by atoms with E-state index in [4.69, 9.17) is 0 Å². The Morgan fingerprint density at radius 2 is 1.92 bits per heavy atom. The summed E-state index contributed by atoms with van der Waals surface area (Å²) in [4.78, 5) is 29.2. The van der Waals surface area contributed by atoms with Crippen LogP contribution in [0.25, 0.3) is 10.9 Å². The Kier molecular flexibility index (Phi) is 5.28. The van der Waals surface area contributed by atoms with Crippen LogP contribution in [0.2, 0.25) is 0 Å². The van der Waals surface area contributed by atoms with Gasteiger partial charge in [0, 0.05) is 6.04 Å². The molecule has 3 rings (SSSR count). The van der Waals surface area contributed by atoms with Crippen LogP contribution in [-0.4, -0.2) is 21.5 Å². The third-order valence-electron chi connectivity index (χ3n) is 4.76. The maximum atomic E-state index is 12.6. The van der Waals surface area contributed by atoms with E-state index in [1.165, 1.54) is 43.0 Å². The molecule has 1 aromatic carbocycles. The topological polar surface area (TPSA) is 64.0 Å². The molecule has 1 fully saturated rings. The van der Waals surface area contributed by atoms with Gasteiger partial charge < -0.3 is 5.32 Å². The summed E-state index contributed by atoms with van der Waals surface area (Å²) in [5.41, 5.74) is 1.52. The second kappa shape index (κ2) is 7.60. The lowest BCUT2D eigenvalue weighted by Gasteiger charge is -2.21. The second-order valence-corrected chi connectivity index (χ2v) is 6.81. The molecule has 0 radical (unpaired) electrons. The summed E-state index contributed by atoms with van der Waals surface area (Å²) in [6.07, 6.45) is 9.69. The number of carbonyl (C=O) groups excluding carboxylic acids is 1. The summed E-state index contributed by atoms with van der Waals surface area (Å²) in [6.45, 7) is 1.98. The first-order chi connectivity index (χ1) is 11.6. The van der Waals surface area contributed by atoms with Crippen molar-refractivity contribution < 1.29 is 4.79 Å². The summed E-state index contributed by atoms with van der Waals surface area (Å²) < 4.78 is 1.40. The van der Waals surface area contributed by atoms with Crippen LogP contribution in [0.1, 0.15) is 50.5 Å². The molecule has 5 heteroatoms. The van der Waals surface area contributed by atoms with Crippen molar-refractivity contribution in [3.05, 3.63) is 40.4 Å². The van der Waals surface area contributed by atoms with Gasteiger partial charge in [0.2, 0.25) is 5.91 Å². The van der Waals surface area contributed by atoms with Crippen molar-refractivity contribution in [1.29, 1.82) is 0 Å². The highest BCUT2D eigenvalue weighted by atomic mass is 16.2. The van der Waals surface area contributed by atoms with Gasteiger partial charge in [-0.1, -0.05) is 43.7 Å². The number of aryl methyl sites for hydroxylation is 1. The van der Waals surface area contributed by atoms with Gasteiger partial charge in [-0.05, 0) is 31.9 Å². The minimum absolute atomic E-state index is 0.0339. The number of rotatable bonds is 3. The number of benzene rings is 1. The Morgan fingerprint density at radius 1 is 1.21 bits per heavy atom. The minimum Gasteiger partial charge on any atom is -0.352 e. The van der Waals surface area contributed by atoms with Gasteiger partial charge in [-0.25, -0.2) is 4.98 Å². The third kappa shape index (κ3) is 4.02. The van der Waals surface area contributed by atoms with Crippen molar-refractivity contribution in [2.24, 2.45) is 0 Å². The molecule has 0 atom stereocenters. The number of nitrogens with zero attached hydrogens (tertiary/aromatic N) is 2. The molecule has 0 bridgehead atoms. The largest absolute Gasteiger partial charge is 0.352 e. The average Bonchev–Trinajstić information content (AvgIpc) is 2.53. The van der Waals surface area contributed by atoms with Gasteiger partial charge in [0.25, 0.3) is 5.56 Å². The molecule has 1 amide bonds. The first-order valence-electron chi connectivity index (χ1n) is 8.88. The highest BCUT2D eigenvalue weighted by molar-refractivity contribution is 5.79. The Balaban J connectivity index is 1.70. The van der Waals surface area contributed by atoms with Crippen LogP contribution in [-0.2, 0) is 11.3 Å². The Hall–Kier alpha value is -2.17. The summed E-state index contributed by atoms with van der Waals surface area (Å²) in [7, 11) is 0. The Morgan fingerprint density at radius 3 is 2.67 bits per heavy atom. The van der Waals surface area contributed by atoms with E-state index in [2.05, 4.69) is 10.3 Å². The maximum absolute atomic E-state index is 12.6. The molecular weight excluding hydrogens is 302 g/mol. The highest BCUT2D eigenvalue weighted by Gasteiger charge is 2.15. The monoisotopic (exact) mass is 327 g/mol. The van der Waals surface area contributed by atoms with Crippen LogP contribution in [0.4, 0.5) is 0 Å². The van der Waals surface area contributed by atoms with Crippen molar-refractivity contribution in [2.75, 3.05) is 0 Å². The standard InChI is InChI=1S/C19H25N3O2/c1-14-9-10-17-16(11-14)19(24)22(13-20-17)12-18(23)21-15-7-5-3-2-4-6-8-15/h9-11,13,15H,2-8,12H2,1H3,(H,21,23). The summed E-state index contributed by atoms with van der Waals surface area (Å²) in [5.74, 6) is -0.100. The molecular formula is C19H25N3O2. The fourth-order valence-corrected chi connectivity index (χ4v) is 3.41. The molecule has 0 aliphatic heterocycles. The number of nitrogens with one attached hydrogen (secondary N) is 1.